The molecule has 23 heavy (non-hydrogen) atoms. The van der Waals surface area contributed by atoms with Gasteiger partial charge in [-0.05, 0) is 30.4 Å². The lowest BCUT2D eigenvalue weighted by atomic mass is 9.89. The molecule has 1 aliphatic rings. The molecule has 1 N–H and O–H groups in total. The van der Waals surface area contributed by atoms with E-state index in [1.54, 1.807) is 0 Å². The second-order valence-electron chi connectivity index (χ2n) is 6.17. The molecule has 1 aromatic carbocycles. The third kappa shape index (κ3) is 4.18. The molecule has 0 unspecified atom stereocenters. The number of anilines is 1. The van der Waals surface area contributed by atoms with E-state index < -0.39 is 0 Å². The summed E-state index contributed by atoms with van der Waals surface area (Å²) >= 11 is 0. The summed E-state index contributed by atoms with van der Waals surface area (Å²) in [4.78, 5) is 12.2. The Labute approximate surface area is 136 Å². The molecule has 0 spiro atoms. The first-order valence-electron chi connectivity index (χ1n) is 8.45. The first-order chi connectivity index (χ1) is 11.2. The van der Waals surface area contributed by atoms with Gasteiger partial charge in [0.05, 0.1) is 6.42 Å². The summed E-state index contributed by atoms with van der Waals surface area (Å²) in [6.45, 7) is 2.13. The van der Waals surface area contributed by atoms with Crippen LogP contribution in [0.4, 0.5) is 6.01 Å². The van der Waals surface area contributed by atoms with Crippen LogP contribution in [-0.4, -0.2) is 16.1 Å². The maximum Gasteiger partial charge on any atom is 0.322 e. The molecule has 2 aromatic rings. The highest BCUT2D eigenvalue weighted by molar-refractivity contribution is 5.90. The molecular weight excluding hydrogens is 290 g/mol. The maximum atomic E-state index is 12.2. The number of benzene rings is 1. The summed E-state index contributed by atoms with van der Waals surface area (Å²) in [6.07, 6.45) is 6.99. The Bertz CT molecular complexity index is 643. The highest BCUT2D eigenvalue weighted by atomic mass is 16.4. The number of nitrogens with one attached hydrogen (secondary N) is 1. The second-order valence-corrected chi connectivity index (χ2v) is 6.17. The zero-order valence-electron chi connectivity index (χ0n) is 13.5. The van der Waals surface area contributed by atoms with E-state index in [9.17, 15) is 4.79 Å². The minimum Gasteiger partial charge on any atom is -0.407 e. The van der Waals surface area contributed by atoms with Crippen molar-refractivity contribution >= 4 is 11.9 Å². The van der Waals surface area contributed by atoms with Gasteiger partial charge in [-0.2, -0.15) is 0 Å². The number of hydrogen-bond acceptors (Lipinski definition) is 4. The molecular formula is C18H23N3O2. The van der Waals surface area contributed by atoms with Crippen molar-refractivity contribution in [2.24, 2.45) is 5.92 Å². The highest BCUT2D eigenvalue weighted by Crippen LogP contribution is 2.24. The Morgan fingerprint density at radius 3 is 2.52 bits per heavy atom. The monoisotopic (exact) mass is 313 g/mol. The molecule has 0 aliphatic heterocycles. The van der Waals surface area contributed by atoms with Crippen LogP contribution >= 0.6 is 0 Å². The summed E-state index contributed by atoms with van der Waals surface area (Å²) < 4.78 is 5.55. The van der Waals surface area contributed by atoms with Crippen LogP contribution in [0.1, 0.15) is 56.0 Å². The van der Waals surface area contributed by atoms with E-state index >= 15 is 0 Å². The lowest BCUT2D eigenvalue weighted by molar-refractivity contribution is -0.120. The van der Waals surface area contributed by atoms with Gasteiger partial charge in [-0.15, -0.1) is 5.10 Å². The van der Waals surface area contributed by atoms with Crippen LogP contribution < -0.4 is 5.32 Å². The Balaban J connectivity index is 1.57. The first kappa shape index (κ1) is 15.7. The average Bonchev–Trinajstić information content (AvgIpc) is 3.03. The molecule has 3 rings (SSSR count). The molecule has 5 nitrogen and oxygen atoms in total. The average molecular weight is 313 g/mol. The zero-order chi connectivity index (χ0) is 16.1. The Kier molecular flexibility index (Phi) is 5.05. The Morgan fingerprint density at radius 1 is 1.13 bits per heavy atom. The number of carbonyl (C=O) groups excluding carboxylic acids is 1. The van der Waals surface area contributed by atoms with Crippen LogP contribution in [0.5, 0.6) is 0 Å². The van der Waals surface area contributed by atoms with Crippen LogP contribution in [0.25, 0.3) is 0 Å². The fourth-order valence-electron chi connectivity index (χ4n) is 3.02. The molecule has 1 aliphatic carbocycles. The van der Waals surface area contributed by atoms with Gasteiger partial charge in [-0.25, -0.2) is 0 Å². The van der Waals surface area contributed by atoms with Gasteiger partial charge in [0, 0.05) is 5.92 Å². The minimum absolute atomic E-state index is 0.00667. The van der Waals surface area contributed by atoms with Gasteiger partial charge in [-0.1, -0.05) is 55.6 Å². The van der Waals surface area contributed by atoms with Crippen molar-refractivity contribution in [3.05, 3.63) is 41.3 Å². The predicted molar refractivity (Wildman–Crippen MR) is 88.1 cm³/mol. The Hall–Kier alpha value is -2.17. The third-order valence-corrected chi connectivity index (χ3v) is 4.46. The molecule has 1 heterocycles. The summed E-state index contributed by atoms with van der Waals surface area (Å²) in [6, 6.07) is 8.57. The van der Waals surface area contributed by atoms with E-state index in [0.29, 0.717) is 12.3 Å². The van der Waals surface area contributed by atoms with Crippen molar-refractivity contribution in [3.63, 3.8) is 0 Å². The number of amides is 1. The molecule has 1 amide bonds. The van der Waals surface area contributed by atoms with Crippen molar-refractivity contribution in [2.45, 2.75) is 51.9 Å². The summed E-state index contributed by atoms with van der Waals surface area (Å²) in [7, 11) is 0. The van der Waals surface area contributed by atoms with Crippen LogP contribution in [-0.2, 0) is 17.6 Å². The van der Waals surface area contributed by atoms with E-state index in [1.165, 1.54) is 12.0 Å². The van der Waals surface area contributed by atoms with Gasteiger partial charge in [-0.3, -0.25) is 10.1 Å². The third-order valence-electron chi connectivity index (χ3n) is 4.46. The zero-order valence-corrected chi connectivity index (χ0v) is 13.5. The predicted octanol–water partition coefficient (Wildman–Crippen LogP) is 3.74. The van der Waals surface area contributed by atoms with Crippen LogP contribution in [0.15, 0.2) is 28.7 Å². The standard InChI is InChI=1S/C18H23N3O2/c1-2-13-8-10-14(11-9-13)12-16-20-21-18(23-16)19-17(22)15-6-4-3-5-7-15/h8-11,15H,2-7,12H2,1H3,(H,19,21,22). The van der Waals surface area contributed by atoms with E-state index in [0.717, 1.165) is 37.7 Å². The SMILES string of the molecule is CCc1ccc(Cc2nnc(NC(=O)C3CCCCC3)o2)cc1. The largest absolute Gasteiger partial charge is 0.407 e. The molecule has 1 aromatic heterocycles. The van der Waals surface area contributed by atoms with Gasteiger partial charge in [0.1, 0.15) is 0 Å². The number of aryl methyl sites for hydroxylation is 1. The quantitative estimate of drug-likeness (QED) is 0.913. The number of hydrogen-bond donors (Lipinski definition) is 1. The number of aromatic nitrogens is 2. The molecule has 5 heteroatoms. The lowest BCUT2D eigenvalue weighted by Crippen LogP contribution is -2.24. The normalized spacial score (nSPS) is 15.5. The van der Waals surface area contributed by atoms with Gasteiger partial charge >= 0.3 is 6.01 Å². The van der Waals surface area contributed by atoms with Crippen molar-refractivity contribution in [2.75, 3.05) is 5.32 Å². The summed E-state index contributed by atoms with van der Waals surface area (Å²) in [5.74, 6) is 0.612. The van der Waals surface area contributed by atoms with E-state index in [4.69, 9.17) is 4.42 Å². The molecule has 0 saturated heterocycles. The van der Waals surface area contributed by atoms with Gasteiger partial charge in [0.2, 0.25) is 11.8 Å². The topological polar surface area (TPSA) is 68.0 Å². The van der Waals surface area contributed by atoms with Crippen molar-refractivity contribution in [3.8, 4) is 0 Å². The van der Waals surface area contributed by atoms with Crippen LogP contribution in [0, 0.1) is 5.92 Å². The van der Waals surface area contributed by atoms with E-state index in [-0.39, 0.29) is 17.8 Å². The van der Waals surface area contributed by atoms with Crippen molar-refractivity contribution < 1.29 is 9.21 Å². The summed E-state index contributed by atoms with van der Waals surface area (Å²) in [5, 5.41) is 10.7. The number of nitrogens with zero attached hydrogens (tertiary/aromatic N) is 2. The van der Waals surface area contributed by atoms with Gasteiger partial charge < -0.3 is 4.42 Å². The van der Waals surface area contributed by atoms with E-state index in [2.05, 4.69) is 46.7 Å². The first-order valence-corrected chi connectivity index (χ1v) is 8.45. The van der Waals surface area contributed by atoms with Gasteiger partial charge in [0.25, 0.3) is 0 Å². The maximum absolute atomic E-state index is 12.2. The van der Waals surface area contributed by atoms with Crippen LogP contribution in [0.3, 0.4) is 0 Å². The van der Waals surface area contributed by atoms with E-state index in [1.807, 2.05) is 0 Å². The molecule has 1 fully saturated rings. The minimum atomic E-state index is 0.00667. The molecule has 0 radical (unpaired) electrons. The smallest absolute Gasteiger partial charge is 0.322 e. The molecule has 1 saturated carbocycles. The summed E-state index contributed by atoms with van der Waals surface area (Å²) in [5.41, 5.74) is 2.43. The van der Waals surface area contributed by atoms with Crippen molar-refractivity contribution in [1.82, 2.24) is 10.2 Å². The number of rotatable bonds is 5. The fourth-order valence-corrected chi connectivity index (χ4v) is 3.02. The molecule has 0 bridgehead atoms. The molecule has 0 atom stereocenters. The fraction of sp³-hybridized carbons (Fsp3) is 0.500. The second kappa shape index (κ2) is 7.40. The van der Waals surface area contributed by atoms with Crippen LogP contribution in [0.2, 0.25) is 0 Å². The van der Waals surface area contributed by atoms with Gasteiger partial charge in [0.15, 0.2) is 0 Å². The molecule has 122 valence electrons. The van der Waals surface area contributed by atoms with Crippen molar-refractivity contribution in [1.29, 1.82) is 0 Å². The Morgan fingerprint density at radius 2 is 1.83 bits per heavy atom. The lowest BCUT2D eigenvalue weighted by Gasteiger charge is -2.19. The number of carbonyl (C=O) groups is 1. The highest BCUT2D eigenvalue weighted by Gasteiger charge is 2.22.